The van der Waals surface area contributed by atoms with E-state index in [1.54, 1.807) is 6.07 Å². The summed E-state index contributed by atoms with van der Waals surface area (Å²) in [5.74, 6) is 0.303. The number of hydrogen-bond acceptors (Lipinski definition) is 2. The molecule has 2 saturated heterocycles. The summed E-state index contributed by atoms with van der Waals surface area (Å²) in [5.41, 5.74) is 3.00. The van der Waals surface area contributed by atoms with Gasteiger partial charge < -0.3 is 9.80 Å². The highest BCUT2D eigenvalue weighted by atomic mass is 19.1. The molecule has 2 fully saturated rings. The molecule has 3 atom stereocenters. The van der Waals surface area contributed by atoms with E-state index in [0.717, 1.165) is 16.7 Å². The van der Waals surface area contributed by atoms with E-state index in [0.29, 0.717) is 32.5 Å². The van der Waals surface area contributed by atoms with Crippen LogP contribution in [0.25, 0.3) is 0 Å². The summed E-state index contributed by atoms with van der Waals surface area (Å²) < 4.78 is 13.9. The molecular weight excluding hydrogens is 367 g/mol. The minimum Gasteiger partial charge on any atom is -0.342 e. The van der Waals surface area contributed by atoms with Gasteiger partial charge in [0.1, 0.15) is 5.82 Å². The lowest BCUT2D eigenvalue weighted by atomic mass is 9.89. The standard InChI is InChI=1S/C24H27FN2O2/c1-3-22(28)27-14-19-13-26(23(29)11-17-7-4-6-16(2)10-17)15-21(19)24(27)18-8-5-9-20(25)12-18/h4-10,12,19,21,24H,3,11,13-15H2,1-2H3/t19-,21-,24+/m0/s1. The largest absolute Gasteiger partial charge is 0.342 e. The van der Waals surface area contributed by atoms with Crippen LogP contribution in [0, 0.1) is 24.6 Å². The number of amides is 2. The number of fused-ring (bicyclic) bond motifs is 1. The van der Waals surface area contributed by atoms with Crippen LogP contribution in [0.5, 0.6) is 0 Å². The maximum absolute atomic E-state index is 13.9. The fourth-order valence-electron chi connectivity index (χ4n) is 4.93. The molecule has 0 aliphatic carbocycles. The third kappa shape index (κ3) is 3.91. The highest BCUT2D eigenvalue weighted by Gasteiger charge is 2.49. The van der Waals surface area contributed by atoms with Gasteiger partial charge in [-0.1, -0.05) is 48.9 Å². The summed E-state index contributed by atoms with van der Waals surface area (Å²) in [6.07, 6.45) is 0.824. The molecule has 2 aliphatic rings. The van der Waals surface area contributed by atoms with E-state index < -0.39 is 0 Å². The second kappa shape index (κ2) is 7.97. The number of carbonyl (C=O) groups excluding carboxylic acids is 2. The van der Waals surface area contributed by atoms with Gasteiger partial charge in [0.15, 0.2) is 0 Å². The molecule has 2 amide bonds. The van der Waals surface area contributed by atoms with E-state index in [2.05, 4.69) is 0 Å². The molecule has 152 valence electrons. The Morgan fingerprint density at radius 2 is 1.83 bits per heavy atom. The predicted octanol–water partition coefficient (Wildman–Crippen LogP) is 3.74. The number of likely N-dealkylation sites (tertiary alicyclic amines) is 2. The van der Waals surface area contributed by atoms with E-state index in [4.69, 9.17) is 0 Å². The van der Waals surface area contributed by atoms with Crippen LogP contribution in [0.3, 0.4) is 0 Å². The van der Waals surface area contributed by atoms with Gasteiger partial charge in [0, 0.05) is 37.9 Å². The molecule has 0 aromatic heterocycles. The van der Waals surface area contributed by atoms with Crippen LogP contribution in [-0.4, -0.2) is 41.2 Å². The van der Waals surface area contributed by atoms with Crippen LogP contribution in [0.15, 0.2) is 48.5 Å². The maximum Gasteiger partial charge on any atom is 0.227 e. The summed E-state index contributed by atoms with van der Waals surface area (Å²) in [4.78, 5) is 29.3. The van der Waals surface area contributed by atoms with Crippen molar-refractivity contribution in [3.05, 3.63) is 71.0 Å². The molecule has 0 unspecified atom stereocenters. The summed E-state index contributed by atoms with van der Waals surface area (Å²) in [5, 5.41) is 0. The normalized spacial score (nSPS) is 23.3. The molecule has 2 heterocycles. The number of carbonyl (C=O) groups is 2. The molecule has 0 saturated carbocycles. The van der Waals surface area contributed by atoms with E-state index in [-0.39, 0.29) is 35.5 Å². The number of aryl methyl sites for hydroxylation is 1. The monoisotopic (exact) mass is 394 g/mol. The van der Waals surface area contributed by atoms with Crippen LogP contribution >= 0.6 is 0 Å². The van der Waals surface area contributed by atoms with Crippen LogP contribution in [0.1, 0.15) is 36.1 Å². The van der Waals surface area contributed by atoms with E-state index in [9.17, 15) is 14.0 Å². The minimum atomic E-state index is -0.291. The van der Waals surface area contributed by atoms with Gasteiger partial charge in [0.2, 0.25) is 11.8 Å². The molecule has 29 heavy (non-hydrogen) atoms. The zero-order valence-corrected chi connectivity index (χ0v) is 17.0. The van der Waals surface area contributed by atoms with E-state index in [1.165, 1.54) is 12.1 Å². The summed E-state index contributed by atoms with van der Waals surface area (Å²) in [6.45, 7) is 5.79. The van der Waals surface area contributed by atoms with Gasteiger partial charge in [-0.05, 0) is 30.2 Å². The van der Waals surface area contributed by atoms with Gasteiger partial charge in [0.25, 0.3) is 0 Å². The molecule has 0 N–H and O–H groups in total. The Morgan fingerprint density at radius 1 is 1.03 bits per heavy atom. The molecule has 5 heteroatoms. The molecule has 0 bridgehead atoms. The minimum absolute atomic E-state index is 0.0892. The smallest absolute Gasteiger partial charge is 0.227 e. The summed E-state index contributed by atoms with van der Waals surface area (Å²) >= 11 is 0. The highest BCUT2D eigenvalue weighted by molar-refractivity contribution is 5.80. The van der Waals surface area contributed by atoms with E-state index >= 15 is 0 Å². The van der Waals surface area contributed by atoms with Gasteiger partial charge in [-0.2, -0.15) is 0 Å². The van der Waals surface area contributed by atoms with Crippen molar-refractivity contribution in [3.8, 4) is 0 Å². The van der Waals surface area contributed by atoms with Crippen molar-refractivity contribution in [1.82, 2.24) is 9.80 Å². The lowest BCUT2D eigenvalue weighted by Crippen LogP contribution is -2.37. The lowest BCUT2D eigenvalue weighted by molar-refractivity contribution is -0.133. The van der Waals surface area contributed by atoms with Gasteiger partial charge in [-0.25, -0.2) is 4.39 Å². The van der Waals surface area contributed by atoms with Crippen molar-refractivity contribution in [3.63, 3.8) is 0 Å². The topological polar surface area (TPSA) is 40.6 Å². The number of rotatable bonds is 4. The zero-order valence-electron chi connectivity index (χ0n) is 17.0. The first-order valence-corrected chi connectivity index (χ1v) is 10.3. The molecule has 0 radical (unpaired) electrons. The molecule has 2 aromatic rings. The van der Waals surface area contributed by atoms with E-state index in [1.807, 2.05) is 54.0 Å². The fraction of sp³-hybridized carbons (Fsp3) is 0.417. The molecule has 4 nitrogen and oxygen atoms in total. The van der Waals surface area contributed by atoms with Crippen LogP contribution in [0.4, 0.5) is 4.39 Å². The highest BCUT2D eigenvalue weighted by Crippen LogP contribution is 2.45. The first-order chi connectivity index (χ1) is 14.0. The number of benzene rings is 2. The predicted molar refractivity (Wildman–Crippen MR) is 110 cm³/mol. The van der Waals surface area contributed by atoms with Crippen molar-refractivity contribution >= 4 is 11.8 Å². The quantitative estimate of drug-likeness (QED) is 0.793. The molecule has 0 spiro atoms. The maximum atomic E-state index is 13.9. The second-order valence-electron chi connectivity index (χ2n) is 8.29. The summed E-state index contributed by atoms with van der Waals surface area (Å²) in [6, 6.07) is 14.4. The average Bonchev–Trinajstić information content (AvgIpc) is 3.25. The Morgan fingerprint density at radius 3 is 2.55 bits per heavy atom. The number of hydrogen-bond donors (Lipinski definition) is 0. The van der Waals surface area contributed by atoms with Crippen LogP contribution < -0.4 is 0 Å². The second-order valence-corrected chi connectivity index (χ2v) is 8.29. The third-order valence-electron chi connectivity index (χ3n) is 6.27. The Balaban J connectivity index is 1.53. The molecule has 4 rings (SSSR count). The van der Waals surface area contributed by atoms with Crippen LogP contribution in [-0.2, 0) is 16.0 Å². The first kappa shape index (κ1) is 19.6. The number of nitrogens with zero attached hydrogens (tertiary/aromatic N) is 2. The Hall–Kier alpha value is -2.69. The van der Waals surface area contributed by atoms with Crippen molar-refractivity contribution in [1.29, 1.82) is 0 Å². The van der Waals surface area contributed by atoms with Gasteiger partial charge >= 0.3 is 0 Å². The van der Waals surface area contributed by atoms with Crippen molar-refractivity contribution in [2.24, 2.45) is 11.8 Å². The molecule has 2 aliphatic heterocycles. The van der Waals surface area contributed by atoms with Crippen molar-refractivity contribution in [2.45, 2.75) is 32.7 Å². The average molecular weight is 394 g/mol. The Labute approximate surface area is 171 Å². The zero-order chi connectivity index (χ0) is 20.5. The SMILES string of the molecule is CCC(=O)N1C[C@@H]2CN(C(=O)Cc3cccc(C)c3)C[C@@H]2[C@H]1c1cccc(F)c1. The fourth-order valence-corrected chi connectivity index (χ4v) is 4.93. The van der Waals surface area contributed by atoms with Gasteiger partial charge in [-0.3, -0.25) is 9.59 Å². The number of halogens is 1. The lowest BCUT2D eigenvalue weighted by Gasteiger charge is -2.30. The summed E-state index contributed by atoms with van der Waals surface area (Å²) in [7, 11) is 0. The third-order valence-corrected chi connectivity index (χ3v) is 6.27. The molecular formula is C24H27FN2O2. The first-order valence-electron chi connectivity index (χ1n) is 10.3. The van der Waals surface area contributed by atoms with Crippen molar-refractivity contribution in [2.75, 3.05) is 19.6 Å². The Bertz CT molecular complexity index is 929. The van der Waals surface area contributed by atoms with Gasteiger partial charge in [-0.15, -0.1) is 0 Å². The van der Waals surface area contributed by atoms with Crippen LogP contribution in [0.2, 0.25) is 0 Å². The van der Waals surface area contributed by atoms with Crippen molar-refractivity contribution < 1.29 is 14.0 Å². The Kier molecular flexibility index (Phi) is 5.39. The van der Waals surface area contributed by atoms with Gasteiger partial charge in [0.05, 0.1) is 12.5 Å². The molecule has 2 aromatic carbocycles.